The maximum absolute atomic E-state index is 11.3. The van der Waals surface area contributed by atoms with Gasteiger partial charge >= 0.3 is 5.97 Å². The zero-order valence-electron chi connectivity index (χ0n) is 8.66. The van der Waals surface area contributed by atoms with E-state index in [0.29, 0.717) is 6.42 Å². The fourth-order valence-electron chi connectivity index (χ4n) is 0.965. The molecule has 0 aliphatic heterocycles. The molecule has 0 N–H and O–H groups in total. The molecule has 0 aromatic rings. The Balaban J connectivity index is 4.26. The highest BCUT2D eigenvalue weighted by molar-refractivity contribution is 5.82. The van der Waals surface area contributed by atoms with Crippen molar-refractivity contribution >= 4 is 11.9 Å². The summed E-state index contributed by atoms with van der Waals surface area (Å²) in [5, 5.41) is 0. The minimum absolute atomic E-state index is 0.0274. The van der Waals surface area contributed by atoms with Crippen LogP contribution in [0.5, 0.6) is 0 Å². The molecule has 76 valence electrons. The molecule has 0 radical (unpaired) electrons. The van der Waals surface area contributed by atoms with E-state index >= 15 is 0 Å². The molecule has 0 aliphatic carbocycles. The van der Waals surface area contributed by atoms with Crippen LogP contribution in [0.4, 0.5) is 0 Å². The predicted octanol–water partition coefficient (Wildman–Crippen LogP) is 0.806. The Morgan fingerprint density at radius 2 is 1.92 bits per heavy atom. The zero-order chi connectivity index (χ0) is 10.4. The van der Waals surface area contributed by atoms with Crippen LogP contribution in [0.1, 0.15) is 27.2 Å². The first-order chi connectivity index (χ1) is 6.02. The second kappa shape index (κ2) is 5.56. The van der Waals surface area contributed by atoms with Gasteiger partial charge in [0.15, 0.2) is 0 Å². The van der Waals surface area contributed by atoms with Crippen molar-refractivity contribution in [2.24, 2.45) is 0 Å². The summed E-state index contributed by atoms with van der Waals surface area (Å²) in [6.07, 6.45) is 0.412. The van der Waals surface area contributed by atoms with Gasteiger partial charge in [-0.05, 0) is 13.8 Å². The molecule has 0 unspecified atom stereocenters. The quantitative estimate of drug-likeness (QED) is 0.612. The van der Waals surface area contributed by atoms with Crippen molar-refractivity contribution in [2.45, 2.75) is 33.2 Å². The van der Waals surface area contributed by atoms with E-state index in [0.717, 1.165) is 0 Å². The van der Waals surface area contributed by atoms with Gasteiger partial charge in [0.05, 0.1) is 7.11 Å². The Hall–Kier alpha value is -1.06. The first kappa shape index (κ1) is 11.9. The molecule has 0 rings (SSSR count). The third kappa shape index (κ3) is 3.92. The molecule has 0 bridgehead atoms. The number of amides is 1. The van der Waals surface area contributed by atoms with Crippen LogP contribution in [0.3, 0.4) is 0 Å². The summed E-state index contributed by atoms with van der Waals surface area (Å²) in [6.45, 7) is 5.56. The van der Waals surface area contributed by atoms with Crippen LogP contribution in [-0.2, 0) is 14.3 Å². The van der Waals surface area contributed by atoms with Crippen molar-refractivity contribution in [3.05, 3.63) is 0 Å². The van der Waals surface area contributed by atoms with Gasteiger partial charge in [-0.2, -0.15) is 0 Å². The van der Waals surface area contributed by atoms with Crippen LogP contribution >= 0.6 is 0 Å². The molecule has 0 spiro atoms. The van der Waals surface area contributed by atoms with E-state index in [-0.39, 0.29) is 24.5 Å². The monoisotopic (exact) mass is 187 g/mol. The zero-order valence-corrected chi connectivity index (χ0v) is 8.66. The van der Waals surface area contributed by atoms with Crippen LogP contribution in [0.15, 0.2) is 0 Å². The van der Waals surface area contributed by atoms with Gasteiger partial charge in [-0.25, -0.2) is 0 Å². The normalized spacial score (nSPS) is 9.92. The maximum Gasteiger partial charge on any atom is 0.325 e. The summed E-state index contributed by atoms with van der Waals surface area (Å²) in [7, 11) is 1.32. The van der Waals surface area contributed by atoms with Gasteiger partial charge in [0.25, 0.3) is 0 Å². The molecular formula is C9H17NO3. The van der Waals surface area contributed by atoms with Gasteiger partial charge in [0.1, 0.15) is 6.54 Å². The lowest BCUT2D eigenvalue weighted by Crippen LogP contribution is -2.40. The van der Waals surface area contributed by atoms with E-state index in [1.807, 2.05) is 13.8 Å². The number of carbonyl (C=O) groups excluding carboxylic acids is 2. The van der Waals surface area contributed by atoms with Crippen LogP contribution in [-0.4, -0.2) is 36.5 Å². The van der Waals surface area contributed by atoms with Crippen LogP contribution in [0.2, 0.25) is 0 Å². The highest BCUT2D eigenvalue weighted by atomic mass is 16.5. The third-order valence-corrected chi connectivity index (χ3v) is 1.77. The van der Waals surface area contributed by atoms with Gasteiger partial charge in [0.2, 0.25) is 5.91 Å². The number of hydrogen-bond acceptors (Lipinski definition) is 3. The van der Waals surface area contributed by atoms with Crippen molar-refractivity contribution in [3.8, 4) is 0 Å². The first-order valence-electron chi connectivity index (χ1n) is 4.39. The van der Waals surface area contributed by atoms with Gasteiger partial charge in [-0.1, -0.05) is 6.92 Å². The van der Waals surface area contributed by atoms with Crippen molar-refractivity contribution in [1.82, 2.24) is 4.90 Å². The number of methoxy groups -OCH3 is 1. The molecule has 0 atom stereocenters. The second-order valence-corrected chi connectivity index (χ2v) is 3.05. The van der Waals surface area contributed by atoms with E-state index < -0.39 is 0 Å². The van der Waals surface area contributed by atoms with Gasteiger partial charge < -0.3 is 9.64 Å². The molecular weight excluding hydrogens is 170 g/mol. The van der Waals surface area contributed by atoms with Crippen LogP contribution in [0.25, 0.3) is 0 Å². The van der Waals surface area contributed by atoms with Gasteiger partial charge in [-0.15, -0.1) is 0 Å². The fourth-order valence-corrected chi connectivity index (χ4v) is 0.965. The van der Waals surface area contributed by atoms with E-state index in [1.54, 1.807) is 6.92 Å². The lowest BCUT2D eigenvalue weighted by atomic mass is 10.3. The molecule has 4 nitrogen and oxygen atoms in total. The molecule has 0 fully saturated rings. The molecule has 0 aromatic carbocycles. The van der Waals surface area contributed by atoms with E-state index in [1.165, 1.54) is 12.0 Å². The minimum Gasteiger partial charge on any atom is -0.468 e. The van der Waals surface area contributed by atoms with E-state index in [4.69, 9.17) is 0 Å². The van der Waals surface area contributed by atoms with Gasteiger partial charge in [-0.3, -0.25) is 9.59 Å². The summed E-state index contributed by atoms with van der Waals surface area (Å²) < 4.78 is 4.49. The number of esters is 1. The molecule has 4 heteroatoms. The Kier molecular flexibility index (Phi) is 5.11. The summed E-state index contributed by atoms with van der Waals surface area (Å²) in [5.74, 6) is -0.407. The minimum atomic E-state index is -0.379. The molecule has 0 saturated heterocycles. The Labute approximate surface area is 78.9 Å². The standard InChI is InChI=1S/C9H17NO3/c1-5-8(11)10(7(2)3)6-9(12)13-4/h7H,5-6H2,1-4H3. The number of ether oxygens (including phenoxy) is 1. The maximum atomic E-state index is 11.3. The van der Waals surface area contributed by atoms with Crippen molar-refractivity contribution in [1.29, 1.82) is 0 Å². The number of hydrogen-bond donors (Lipinski definition) is 0. The Bertz CT molecular complexity index is 189. The Morgan fingerprint density at radius 3 is 2.23 bits per heavy atom. The highest BCUT2D eigenvalue weighted by Crippen LogP contribution is 2.01. The summed E-state index contributed by atoms with van der Waals surface area (Å²) in [4.78, 5) is 23.8. The molecule has 1 amide bonds. The van der Waals surface area contributed by atoms with Crippen molar-refractivity contribution in [2.75, 3.05) is 13.7 Å². The summed E-state index contributed by atoms with van der Waals surface area (Å²) in [6, 6.07) is 0.0338. The molecule has 0 saturated carbocycles. The van der Waals surface area contributed by atoms with E-state index in [9.17, 15) is 9.59 Å². The number of nitrogens with zero attached hydrogens (tertiary/aromatic N) is 1. The average Bonchev–Trinajstić information content (AvgIpc) is 2.11. The first-order valence-corrected chi connectivity index (χ1v) is 4.39. The molecule has 13 heavy (non-hydrogen) atoms. The summed E-state index contributed by atoms with van der Waals surface area (Å²) in [5.41, 5.74) is 0. The van der Waals surface area contributed by atoms with Crippen LogP contribution < -0.4 is 0 Å². The average molecular weight is 187 g/mol. The lowest BCUT2D eigenvalue weighted by molar-refractivity contribution is -0.148. The predicted molar refractivity (Wildman–Crippen MR) is 49.2 cm³/mol. The highest BCUT2D eigenvalue weighted by Gasteiger charge is 2.18. The fraction of sp³-hybridized carbons (Fsp3) is 0.778. The van der Waals surface area contributed by atoms with E-state index in [2.05, 4.69) is 4.74 Å². The summed E-state index contributed by atoms with van der Waals surface area (Å²) >= 11 is 0. The van der Waals surface area contributed by atoms with Crippen LogP contribution in [0, 0.1) is 0 Å². The third-order valence-electron chi connectivity index (χ3n) is 1.77. The lowest BCUT2D eigenvalue weighted by Gasteiger charge is -2.24. The van der Waals surface area contributed by atoms with Gasteiger partial charge in [0, 0.05) is 12.5 Å². The number of rotatable bonds is 4. The second-order valence-electron chi connectivity index (χ2n) is 3.05. The van der Waals surface area contributed by atoms with Crippen molar-refractivity contribution in [3.63, 3.8) is 0 Å². The van der Waals surface area contributed by atoms with Crippen molar-refractivity contribution < 1.29 is 14.3 Å². The molecule has 0 aromatic heterocycles. The smallest absolute Gasteiger partial charge is 0.325 e. The number of carbonyl (C=O) groups is 2. The largest absolute Gasteiger partial charge is 0.468 e. The molecule has 0 heterocycles. The topological polar surface area (TPSA) is 46.6 Å². The Morgan fingerprint density at radius 1 is 1.38 bits per heavy atom. The molecule has 0 aliphatic rings. The SMILES string of the molecule is CCC(=O)N(CC(=O)OC)C(C)C.